The average Bonchev–Trinajstić information content (AvgIpc) is 2.54. The zero-order valence-corrected chi connectivity index (χ0v) is 11.8. The van der Waals surface area contributed by atoms with Crippen LogP contribution < -0.4 is 10.5 Å². The smallest absolute Gasteiger partial charge is 0.343 e. The summed E-state index contributed by atoms with van der Waals surface area (Å²) in [5, 5.41) is 11.5. The molecule has 4 nitrogen and oxygen atoms in total. The monoisotopic (exact) mass is 293 g/mol. The molecular weight excluding hydrogens is 278 g/mol. The highest BCUT2D eigenvalue weighted by atomic mass is 16.5. The molecule has 0 saturated heterocycles. The Hall–Kier alpha value is -2.69. The summed E-state index contributed by atoms with van der Waals surface area (Å²) in [6, 6.07) is 19.8. The molecule has 0 aliphatic heterocycles. The first-order chi connectivity index (χ1) is 10.6. The van der Waals surface area contributed by atoms with Gasteiger partial charge in [0.05, 0.1) is 5.56 Å². The molecule has 3 aromatic rings. The van der Waals surface area contributed by atoms with E-state index in [9.17, 15) is 9.90 Å². The van der Waals surface area contributed by atoms with Crippen LogP contribution >= 0.6 is 0 Å². The van der Waals surface area contributed by atoms with E-state index in [4.69, 9.17) is 10.5 Å². The van der Waals surface area contributed by atoms with Gasteiger partial charge in [-0.1, -0.05) is 48.5 Å². The Bertz CT molecular complexity index is 827. The van der Waals surface area contributed by atoms with Gasteiger partial charge in [0, 0.05) is 5.56 Å². The van der Waals surface area contributed by atoms with Crippen molar-refractivity contribution in [3.8, 4) is 5.75 Å². The third-order valence-electron chi connectivity index (χ3n) is 3.43. The van der Waals surface area contributed by atoms with Gasteiger partial charge in [-0.15, -0.1) is 0 Å². The van der Waals surface area contributed by atoms with Gasteiger partial charge >= 0.3 is 5.97 Å². The Morgan fingerprint density at radius 1 is 0.955 bits per heavy atom. The van der Waals surface area contributed by atoms with Crippen molar-refractivity contribution in [1.29, 1.82) is 0 Å². The maximum Gasteiger partial charge on any atom is 0.343 e. The van der Waals surface area contributed by atoms with Crippen LogP contribution in [-0.2, 0) is 0 Å². The summed E-state index contributed by atoms with van der Waals surface area (Å²) in [6.45, 7) is 0. The molecule has 110 valence electrons. The van der Waals surface area contributed by atoms with E-state index < -0.39 is 12.2 Å². The van der Waals surface area contributed by atoms with Crippen molar-refractivity contribution in [2.24, 2.45) is 5.73 Å². The van der Waals surface area contributed by atoms with Gasteiger partial charge in [-0.05, 0) is 29.0 Å². The highest BCUT2D eigenvalue weighted by molar-refractivity contribution is 5.96. The average molecular weight is 293 g/mol. The van der Waals surface area contributed by atoms with Crippen LogP contribution in [0.3, 0.4) is 0 Å². The van der Waals surface area contributed by atoms with Gasteiger partial charge < -0.3 is 15.6 Å². The molecule has 1 atom stereocenters. The van der Waals surface area contributed by atoms with Gasteiger partial charge in [-0.25, -0.2) is 4.79 Å². The second kappa shape index (κ2) is 5.97. The second-order valence-corrected chi connectivity index (χ2v) is 4.93. The minimum absolute atomic E-state index is 0.260. The lowest BCUT2D eigenvalue weighted by molar-refractivity contribution is 0.0727. The van der Waals surface area contributed by atoms with Crippen LogP contribution in [0.5, 0.6) is 5.75 Å². The lowest BCUT2D eigenvalue weighted by atomic mass is 10.1. The SMILES string of the molecule is NC(O)c1ccccc1OC(=O)c1ccc2ccccc2c1. The standard InChI is InChI=1S/C18H15NO3/c19-17(20)15-7-3-4-8-16(15)22-18(21)14-10-9-12-5-1-2-6-13(12)11-14/h1-11,17,20H,19H2. The van der Waals surface area contributed by atoms with E-state index in [0.717, 1.165) is 10.8 Å². The topological polar surface area (TPSA) is 72.6 Å². The molecule has 0 saturated carbocycles. The van der Waals surface area contributed by atoms with Crippen molar-refractivity contribution >= 4 is 16.7 Å². The molecule has 0 radical (unpaired) electrons. The van der Waals surface area contributed by atoms with Gasteiger partial charge in [-0.3, -0.25) is 0 Å². The number of esters is 1. The molecule has 22 heavy (non-hydrogen) atoms. The number of ether oxygens (including phenoxy) is 1. The van der Waals surface area contributed by atoms with E-state index in [1.807, 2.05) is 30.3 Å². The molecule has 0 bridgehead atoms. The van der Waals surface area contributed by atoms with Crippen molar-refractivity contribution < 1.29 is 14.6 Å². The Labute approximate surface area is 127 Å². The number of hydrogen-bond donors (Lipinski definition) is 2. The van der Waals surface area contributed by atoms with E-state index in [-0.39, 0.29) is 5.75 Å². The molecule has 0 fully saturated rings. The molecular formula is C18H15NO3. The summed E-state index contributed by atoms with van der Waals surface area (Å²) in [7, 11) is 0. The summed E-state index contributed by atoms with van der Waals surface area (Å²) in [4.78, 5) is 12.3. The molecule has 3 aromatic carbocycles. The molecule has 0 aromatic heterocycles. The number of hydrogen-bond acceptors (Lipinski definition) is 4. The first-order valence-electron chi connectivity index (χ1n) is 6.89. The molecule has 3 N–H and O–H groups in total. The predicted molar refractivity (Wildman–Crippen MR) is 84.5 cm³/mol. The van der Waals surface area contributed by atoms with Gasteiger partial charge in [0.1, 0.15) is 12.0 Å². The van der Waals surface area contributed by atoms with Crippen LogP contribution in [-0.4, -0.2) is 11.1 Å². The number of aliphatic hydroxyl groups is 1. The lowest BCUT2D eigenvalue weighted by Gasteiger charge is -2.12. The molecule has 0 aliphatic rings. The lowest BCUT2D eigenvalue weighted by Crippen LogP contribution is -2.14. The first kappa shape index (κ1) is 14.3. The van der Waals surface area contributed by atoms with E-state index >= 15 is 0 Å². The van der Waals surface area contributed by atoms with Crippen LogP contribution in [0.4, 0.5) is 0 Å². The quantitative estimate of drug-likeness (QED) is 0.442. The number of nitrogens with two attached hydrogens (primary N) is 1. The zero-order chi connectivity index (χ0) is 15.5. The van der Waals surface area contributed by atoms with Crippen LogP contribution in [0.15, 0.2) is 66.7 Å². The number of carbonyl (C=O) groups is 1. The van der Waals surface area contributed by atoms with Crippen molar-refractivity contribution in [3.05, 3.63) is 77.9 Å². The van der Waals surface area contributed by atoms with Crippen LogP contribution in [0.1, 0.15) is 22.1 Å². The number of aliphatic hydroxyl groups excluding tert-OH is 1. The summed E-state index contributed by atoms with van der Waals surface area (Å²) < 4.78 is 5.36. The largest absolute Gasteiger partial charge is 0.422 e. The van der Waals surface area contributed by atoms with Gasteiger partial charge in [0.25, 0.3) is 0 Å². The Morgan fingerprint density at radius 2 is 1.64 bits per heavy atom. The van der Waals surface area contributed by atoms with Gasteiger partial charge in [0.2, 0.25) is 0 Å². The summed E-state index contributed by atoms with van der Waals surface area (Å²) >= 11 is 0. The van der Waals surface area contributed by atoms with Crippen LogP contribution in [0.25, 0.3) is 10.8 Å². The maximum absolute atomic E-state index is 12.3. The number of benzene rings is 3. The van der Waals surface area contributed by atoms with Crippen molar-refractivity contribution in [2.45, 2.75) is 6.23 Å². The Morgan fingerprint density at radius 3 is 2.41 bits per heavy atom. The van der Waals surface area contributed by atoms with Crippen molar-refractivity contribution in [1.82, 2.24) is 0 Å². The summed E-state index contributed by atoms with van der Waals surface area (Å²) in [5.74, 6) is -0.227. The minimum Gasteiger partial charge on any atom is -0.422 e. The zero-order valence-electron chi connectivity index (χ0n) is 11.8. The minimum atomic E-state index is -1.19. The van der Waals surface area contributed by atoms with Crippen molar-refractivity contribution in [3.63, 3.8) is 0 Å². The number of fused-ring (bicyclic) bond motifs is 1. The maximum atomic E-state index is 12.3. The molecule has 0 amide bonds. The fourth-order valence-electron chi connectivity index (χ4n) is 2.29. The van der Waals surface area contributed by atoms with E-state index in [0.29, 0.717) is 11.1 Å². The number of para-hydroxylation sites is 1. The third-order valence-corrected chi connectivity index (χ3v) is 3.43. The fourth-order valence-corrected chi connectivity index (χ4v) is 2.29. The van der Waals surface area contributed by atoms with Gasteiger partial charge in [0.15, 0.2) is 0 Å². The molecule has 0 heterocycles. The van der Waals surface area contributed by atoms with Crippen LogP contribution in [0.2, 0.25) is 0 Å². The normalized spacial score (nSPS) is 12.1. The summed E-state index contributed by atoms with van der Waals surface area (Å²) in [6.07, 6.45) is -1.19. The Balaban J connectivity index is 1.90. The van der Waals surface area contributed by atoms with Crippen LogP contribution in [0, 0.1) is 0 Å². The number of carbonyl (C=O) groups excluding carboxylic acids is 1. The molecule has 3 rings (SSSR count). The summed E-state index contributed by atoms with van der Waals surface area (Å²) in [5.41, 5.74) is 6.28. The molecule has 1 unspecified atom stereocenters. The molecule has 4 heteroatoms. The fraction of sp³-hybridized carbons (Fsp3) is 0.0556. The molecule has 0 aliphatic carbocycles. The molecule has 0 spiro atoms. The highest BCUT2D eigenvalue weighted by Gasteiger charge is 2.14. The van der Waals surface area contributed by atoms with Gasteiger partial charge in [-0.2, -0.15) is 0 Å². The van der Waals surface area contributed by atoms with Crippen molar-refractivity contribution in [2.75, 3.05) is 0 Å². The Kier molecular flexibility index (Phi) is 3.87. The third kappa shape index (κ3) is 2.83. The predicted octanol–water partition coefficient (Wildman–Crippen LogP) is 3.01. The van der Waals surface area contributed by atoms with E-state index in [2.05, 4.69) is 0 Å². The highest BCUT2D eigenvalue weighted by Crippen LogP contribution is 2.24. The first-order valence-corrected chi connectivity index (χ1v) is 6.89. The van der Waals surface area contributed by atoms with E-state index in [1.54, 1.807) is 36.4 Å². The second-order valence-electron chi connectivity index (χ2n) is 4.93. The number of rotatable bonds is 3. The van der Waals surface area contributed by atoms with E-state index in [1.165, 1.54) is 0 Å².